The summed E-state index contributed by atoms with van der Waals surface area (Å²) in [6.07, 6.45) is 1.85. The summed E-state index contributed by atoms with van der Waals surface area (Å²) >= 11 is 0. The smallest absolute Gasteiger partial charge is 0.269 e. The Bertz CT molecular complexity index is 1340. The molecule has 10 heteroatoms. The second kappa shape index (κ2) is 10.5. The van der Waals surface area contributed by atoms with Crippen molar-refractivity contribution >= 4 is 11.6 Å². The van der Waals surface area contributed by atoms with E-state index in [9.17, 15) is 15.4 Å². The highest BCUT2D eigenvalue weighted by Gasteiger charge is 2.25. The molecule has 2 aliphatic rings. The number of likely N-dealkylation sites (tertiary alicyclic amines) is 1. The second-order valence-corrected chi connectivity index (χ2v) is 9.54. The van der Waals surface area contributed by atoms with Crippen molar-refractivity contribution in [2.75, 3.05) is 18.4 Å². The van der Waals surface area contributed by atoms with E-state index in [0.717, 1.165) is 60.4 Å². The Labute approximate surface area is 215 Å². The lowest BCUT2D eigenvalue weighted by Gasteiger charge is -2.32. The first-order valence-electron chi connectivity index (χ1n) is 12.3. The predicted octanol–water partition coefficient (Wildman–Crippen LogP) is 4.77. The number of nitriles is 1. The molecule has 0 bridgehead atoms. The topological polar surface area (TPSA) is 126 Å². The molecule has 190 valence electrons. The molecule has 0 unspecified atom stereocenters. The average Bonchev–Trinajstić information content (AvgIpc) is 3.36. The minimum atomic E-state index is -0.378. The van der Waals surface area contributed by atoms with Gasteiger partial charge in [0.15, 0.2) is 0 Å². The molecule has 1 N–H and O–H groups in total. The SMILES string of the molecule is Cc1cc(C#N)cc(C)c1Oc1nc(NC2CCN(Cc3ccc([N+](=O)[O-])cc3)CC2)nc2c1COC2. The number of nitrogens with zero attached hydrogens (tertiary/aromatic N) is 5. The number of nitro benzene ring substituents is 1. The highest BCUT2D eigenvalue weighted by atomic mass is 16.6. The number of aryl methyl sites for hydroxylation is 2. The Morgan fingerprint density at radius 3 is 2.51 bits per heavy atom. The molecule has 0 aliphatic carbocycles. The maximum Gasteiger partial charge on any atom is 0.269 e. The first-order chi connectivity index (χ1) is 17.9. The average molecular weight is 501 g/mol. The quantitative estimate of drug-likeness (QED) is 0.360. The van der Waals surface area contributed by atoms with Crippen molar-refractivity contribution in [3.63, 3.8) is 0 Å². The van der Waals surface area contributed by atoms with Gasteiger partial charge >= 0.3 is 0 Å². The van der Waals surface area contributed by atoms with Crippen molar-refractivity contribution < 1.29 is 14.4 Å². The standard InChI is InChI=1S/C27H28N6O4/c1-17-11-20(13-28)12-18(2)25(17)37-26-23-15-36-16-24(23)30-27(31-26)29-21-7-9-32(10-8-21)14-19-3-5-22(6-4-19)33(34)35/h3-6,11-12,21H,7-10,14-16H2,1-2H3,(H,29,30,31). The molecular weight excluding hydrogens is 472 g/mol. The normalized spacial score (nSPS) is 15.7. The highest BCUT2D eigenvalue weighted by molar-refractivity contribution is 5.50. The Hall–Kier alpha value is -4.07. The van der Waals surface area contributed by atoms with Gasteiger partial charge < -0.3 is 14.8 Å². The summed E-state index contributed by atoms with van der Waals surface area (Å²) in [4.78, 5) is 22.2. The Balaban J connectivity index is 1.25. The molecule has 2 aromatic carbocycles. The van der Waals surface area contributed by atoms with Crippen LogP contribution in [-0.2, 0) is 24.5 Å². The maximum atomic E-state index is 10.9. The number of aromatic nitrogens is 2. The van der Waals surface area contributed by atoms with Crippen LogP contribution in [0.5, 0.6) is 11.6 Å². The fraction of sp³-hybridized carbons (Fsp3) is 0.370. The van der Waals surface area contributed by atoms with Crippen LogP contribution < -0.4 is 10.1 Å². The van der Waals surface area contributed by atoms with Crippen LogP contribution in [0.4, 0.5) is 11.6 Å². The monoisotopic (exact) mass is 500 g/mol. The zero-order valence-electron chi connectivity index (χ0n) is 20.9. The summed E-state index contributed by atoms with van der Waals surface area (Å²) in [6.45, 7) is 7.22. The van der Waals surface area contributed by atoms with Crippen LogP contribution in [-0.4, -0.2) is 38.9 Å². The predicted molar refractivity (Wildman–Crippen MR) is 136 cm³/mol. The van der Waals surface area contributed by atoms with Gasteiger partial charge in [-0.1, -0.05) is 12.1 Å². The van der Waals surface area contributed by atoms with Crippen LogP contribution in [0.15, 0.2) is 36.4 Å². The molecule has 0 atom stereocenters. The largest absolute Gasteiger partial charge is 0.438 e. The van der Waals surface area contributed by atoms with E-state index in [1.165, 1.54) is 0 Å². The van der Waals surface area contributed by atoms with E-state index in [0.29, 0.717) is 36.4 Å². The zero-order valence-corrected chi connectivity index (χ0v) is 20.9. The maximum absolute atomic E-state index is 10.9. The molecular formula is C27H28N6O4. The molecule has 0 spiro atoms. The molecule has 3 aromatic rings. The van der Waals surface area contributed by atoms with Gasteiger partial charge in [-0.25, -0.2) is 4.98 Å². The lowest BCUT2D eigenvalue weighted by atomic mass is 10.0. The third-order valence-electron chi connectivity index (χ3n) is 6.80. The number of piperidine rings is 1. The van der Waals surface area contributed by atoms with Gasteiger partial charge in [0, 0.05) is 37.8 Å². The molecule has 2 aliphatic heterocycles. The summed E-state index contributed by atoms with van der Waals surface area (Å²) in [5, 5.41) is 23.6. The molecule has 1 fully saturated rings. The number of fused-ring (bicyclic) bond motifs is 1. The van der Waals surface area contributed by atoms with Gasteiger partial charge in [-0.05, 0) is 55.5 Å². The van der Waals surface area contributed by atoms with Gasteiger partial charge in [0.1, 0.15) is 5.75 Å². The van der Waals surface area contributed by atoms with Crippen molar-refractivity contribution in [2.45, 2.75) is 52.5 Å². The van der Waals surface area contributed by atoms with E-state index in [2.05, 4.69) is 16.3 Å². The zero-order chi connectivity index (χ0) is 25.9. The molecule has 0 amide bonds. The van der Waals surface area contributed by atoms with Crippen LogP contribution in [0.3, 0.4) is 0 Å². The Kier molecular flexibility index (Phi) is 6.99. The number of rotatable bonds is 7. The van der Waals surface area contributed by atoms with Gasteiger partial charge in [0.25, 0.3) is 5.69 Å². The number of non-ortho nitro benzene ring substituents is 1. The van der Waals surface area contributed by atoms with E-state index < -0.39 is 0 Å². The lowest BCUT2D eigenvalue weighted by molar-refractivity contribution is -0.384. The number of nitro groups is 1. The lowest BCUT2D eigenvalue weighted by Crippen LogP contribution is -2.39. The minimum absolute atomic E-state index is 0.110. The Morgan fingerprint density at radius 2 is 1.86 bits per heavy atom. The van der Waals surface area contributed by atoms with Gasteiger partial charge in [-0.15, -0.1) is 0 Å². The van der Waals surface area contributed by atoms with E-state index in [1.54, 1.807) is 12.1 Å². The summed E-state index contributed by atoms with van der Waals surface area (Å²) in [7, 11) is 0. The van der Waals surface area contributed by atoms with Crippen molar-refractivity contribution in [3.8, 4) is 17.7 Å². The van der Waals surface area contributed by atoms with Crippen LogP contribution in [0.25, 0.3) is 0 Å². The molecule has 1 saturated heterocycles. The fourth-order valence-corrected chi connectivity index (χ4v) is 4.84. The van der Waals surface area contributed by atoms with Gasteiger partial charge in [0.05, 0.1) is 41.0 Å². The summed E-state index contributed by atoms with van der Waals surface area (Å²) in [5.74, 6) is 1.70. The molecule has 0 radical (unpaired) electrons. The number of hydrogen-bond acceptors (Lipinski definition) is 9. The van der Waals surface area contributed by atoms with Crippen molar-refractivity contribution in [1.82, 2.24) is 14.9 Å². The fourth-order valence-electron chi connectivity index (χ4n) is 4.84. The summed E-state index contributed by atoms with van der Waals surface area (Å²) in [5.41, 5.74) is 5.20. The number of ether oxygens (including phenoxy) is 2. The van der Waals surface area contributed by atoms with Crippen molar-refractivity contribution in [1.29, 1.82) is 5.26 Å². The number of benzene rings is 2. The summed E-state index contributed by atoms with van der Waals surface area (Å²) < 4.78 is 11.9. The van der Waals surface area contributed by atoms with E-state index in [-0.39, 0.29) is 16.7 Å². The van der Waals surface area contributed by atoms with Crippen LogP contribution in [0.1, 0.15) is 46.4 Å². The first-order valence-corrected chi connectivity index (χ1v) is 12.3. The minimum Gasteiger partial charge on any atom is -0.438 e. The number of nitrogens with one attached hydrogen (secondary N) is 1. The molecule has 1 aromatic heterocycles. The second-order valence-electron chi connectivity index (χ2n) is 9.54. The Morgan fingerprint density at radius 1 is 1.16 bits per heavy atom. The highest BCUT2D eigenvalue weighted by Crippen LogP contribution is 2.35. The van der Waals surface area contributed by atoms with E-state index in [1.807, 2.05) is 38.1 Å². The molecule has 3 heterocycles. The van der Waals surface area contributed by atoms with Crippen LogP contribution in [0, 0.1) is 35.3 Å². The van der Waals surface area contributed by atoms with Crippen molar-refractivity contribution in [2.24, 2.45) is 0 Å². The van der Waals surface area contributed by atoms with E-state index in [4.69, 9.17) is 19.4 Å². The molecule has 0 saturated carbocycles. The number of hydrogen-bond donors (Lipinski definition) is 1. The van der Waals surface area contributed by atoms with Gasteiger partial charge in [0.2, 0.25) is 11.8 Å². The number of anilines is 1. The third kappa shape index (κ3) is 5.53. The van der Waals surface area contributed by atoms with Crippen LogP contribution in [0.2, 0.25) is 0 Å². The first kappa shape index (κ1) is 24.6. The van der Waals surface area contributed by atoms with Crippen molar-refractivity contribution in [3.05, 3.63) is 80.0 Å². The molecule has 5 rings (SSSR count). The third-order valence-corrected chi connectivity index (χ3v) is 6.80. The van der Waals surface area contributed by atoms with Gasteiger partial charge in [-0.3, -0.25) is 15.0 Å². The molecule has 10 nitrogen and oxygen atoms in total. The van der Waals surface area contributed by atoms with E-state index >= 15 is 0 Å². The van der Waals surface area contributed by atoms with Gasteiger partial charge in [-0.2, -0.15) is 10.2 Å². The summed E-state index contributed by atoms with van der Waals surface area (Å²) in [6, 6.07) is 12.8. The molecule has 37 heavy (non-hydrogen) atoms. The van der Waals surface area contributed by atoms with Crippen LogP contribution >= 0.6 is 0 Å².